The SMILES string of the molecule is CC(C)N(CCCO)C(=O)N(C)CCCC(=O)O. The Morgan fingerprint density at radius 2 is 1.78 bits per heavy atom. The topological polar surface area (TPSA) is 81.1 Å². The lowest BCUT2D eigenvalue weighted by Gasteiger charge is -2.31. The molecular weight excluding hydrogens is 236 g/mol. The Morgan fingerprint density at radius 3 is 2.22 bits per heavy atom. The summed E-state index contributed by atoms with van der Waals surface area (Å²) in [5.74, 6) is -0.850. The number of amides is 2. The number of urea groups is 1. The van der Waals surface area contributed by atoms with Gasteiger partial charge >= 0.3 is 12.0 Å². The van der Waals surface area contributed by atoms with Crippen LogP contribution in [-0.4, -0.2) is 64.8 Å². The second-order valence-electron chi connectivity index (χ2n) is 4.57. The van der Waals surface area contributed by atoms with Crippen molar-refractivity contribution in [2.24, 2.45) is 0 Å². The van der Waals surface area contributed by atoms with Crippen molar-refractivity contribution in [1.29, 1.82) is 0 Å². The molecule has 6 heteroatoms. The molecule has 0 aliphatic rings. The van der Waals surface area contributed by atoms with E-state index in [1.807, 2.05) is 13.8 Å². The van der Waals surface area contributed by atoms with Crippen LogP contribution in [0, 0.1) is 0 Å². The zero-order valence-corrected chi connectivity index (χ0v) is 11.4. The molecule has 6 nitrogen and oxygen atoms in total. The number of hydrogen-bond acceptors (Lipinski definition) is 3. The van der Waals surface area contributed by atoms with Crippen molar-refractivity contribution >= 4 is 12.0 Å². The number of carbonyl (C=O) groups excluding carboxylic acids is 1. The molecule has 0 rings (SSSR count). The van der Waals surface area contributed by atoms with Gasteiger partial charge in [0, 0.05) is 39.2 Å². The van der Waals surface area contributed by atoms with Crippen LogP contribution in [0.3, 0.4) is 0 Å². The van der Waals surface area contributed by atoms with Gasteiger partial charge in [0.1, 0.15) is 0 Å². The smallest absolute Gasteiger partial charge is 0.319 e. The van der Waals surface area contributed by atoms with Crippen molar-refractivity contribution in [3.63, 3.8) is 0 Å². The van der Waals surface area contributed by atoms with E-state index in [1.165, 1.54) is 4.90 Å². The van der Waals surface area contributed by atoms with Gasteiger partial charge in [-0.15, -0.1) is 0 Å². The number of aliphatic hydroxyl groups excluding tert-OH is 1. The summed E-state index contributed by atoms with van der Waals surface area (Å²) in [5.41, 5.74) is 0. The fraction of sp³-hybridized carbons (Fsp3) is 0.833. The molecule has 0 fully saturated rings. The molecule has 0 aromatic heterocycles. The van der Waals surface area contributed by atoms with Crippen LogP contribution in [0.25, 0.3) is 0 Å². The van der Waals surface area contributed by atoms with Crippen molar-refractivity contribution in [2.75, 3.05) is 26.7 Å². The van der Waals surface area contributed by atoms with Crippen LogP contribution >= 0.6 is 0 Å². The third kappa shape index (κ3) is 6.44. The van der Waals surface area contributed by atoms with Crippen LogP contribution in [0.4, 0.5) is 4.79 Å². The van der Waals surface area contributed by atoms with Gasteiger partial charge in [0.15, 0.2) is 0 Å². The molecular formula is C12H24N2O4. The molecule has 0 aliphatic carbocycles. The summed E-state index contributed by atoms with van der Waals surface area (Å²) in [7, 11) is 1.67. The summed E-state index contributed by atoms with van der Waals surface area (Å²) in [5, 5.41) is 17.3. The Labute approximate surface area is 108 Å². The Hall–Kier alpha value is -1.30. The average Bonchev–Trinajstić information content (AvgIpc) is 2.28. The lowest BCUT2D eigenvalue weighted by atomic mass is 10.3. The first kappa shape index (κ1) is 16.7. The molecule has 2 N–H and O–H groups in total. The maximum absolute atomic E-state index is 12.1. The molecule has 0 spiro atoms. The lowest BCUT2D eigenvalue weighted by Crippen LogP contribution is -2.45. The molecule has 0 aromatic carbocycles. The molecule has 2 amide bonds. The van der Waals surface area contributed by atoms with E-state index >= 15 is 0 Å². The van der Waals surface area contributed by atoms with E-state index in [1.54, 1.807) is 11.9 Å². The van der Waals surface area contributed by atoms with Crippen molar-refractivity contribution < 1.29 is 19.8 Å². The summed E-state index contributed by atoms with van der Waals surface area (Å²) in [6, 6.07) is -0.0604. The molecule has 0 saturated heterocycles. The molecule has 0 heterocycles. The highest BCUT2D eigenvalue weighted by molar-refractivity contribution is 5.74. The third-order valence-corrected chi connectivity index (χ3v) is 2.64. The molecule has 0 atom stereocenters. The molecule has 0 aromatic rings. The van der Waals surface area contributed by atoms with E-state index in [-0.39, 0.29) is 25.1 Å². The first-order chi connectivity index (χ1) is 8.40. The minimum Gasteiger partial charge on any atom is -0.481 e. The van der Waals surface area contributed by atoms with Gasteiger partial charge < -0.3 is 20.0 Å². The zero-order valence-electron chi connectivity index (χ0n) is 11.4. The van der Waals surface area contributed by atoms with Crippen molar-refractivity contribution in [2.45, 2.75) is 39.2 Å². The Bertz CT molecular complexity index is 269. The highest BCUT2D eigenvalue weighted by atomic mass is 16.4. The number of nitrogens with zero attached hydrogens (tertiary/aromatic N) is 2. The van der Waals surface area contributed by atoms with Gasteiger partial charge in [0.2, 0.25) is 0 Å². The van der Waals surface area contributed by atoms with Gasteiger partial charge in [0.05, 0.1) is 0 Å². The highest BCUT2D eigenvalue weighted by Gasteiger charge is 2.19. The van der Waals surface area contributed by atoms with E-state index < -0.39 is 5.97 Å². The maximum atomic E-state index is 12.1. The fourth-order valence-corrected chi connectivity index (χ4v) is 1.60. The summed E-state index contributed by atoms with van der Waals surface area (Å²) in [4.78, 5) is 25.7. The van der Waals surface area contributed by atoms with E-state index in [4.69, 9.17) is 10.2 Å². The molecule has 0 aliphatic heterocycles. The standard InChI is InChI=1S/C12H24N2O4/c1-10(2)14(8-5-9-15)12(18)13(3)7-4-6-11(16)17/h10,15H,4-9H2,1-3H3,(H,16,17). The zero-order chi connectivity index (χ0) is 14.1. The van der Waals surface area contributed by atoms with Crippen LogP contribution in [0.2, 0.25) is 0 Å². The first-order valence-electron chi connectivity index (χ1n) is 6.24. The maximum Gasteiger partial charge on any atom is 0.319 e. The molecule has 106 valence electrons. The number of aliphatic carboxylic acids is 1. The number of carbonyl (C=O) groups is 2. The van der Waals surface area contributed by atoms with Crippen LogP contribution in [0.1, 0.15) is 33.1 Å². The van der Waals surface area contributed by atoms with Gasteiger partial charge in [-0.05, 0) is 26.7 Å². The number of aliphatic hydroxyl groups is 1. The summed E-state index contributed by atoms with van der Waals surface area (Å²) in [6.07, 6.45) is 1.06. The van der Waals surface area contributed by atoms with Crippen LogP contribution < -0.4 is 0 Å². The number of hydrogen-bond donors (Lipinski definition) is 2. The number of carboxylic acid groups (broad SMARTS) is 1. The van der Waals surface area contributed by atoms with Crippen molar-refractivity contribution in [1.82, 2.24) is 9.80 Å². The van der Waals surface area contributed by atoms with Crippen molar-refractivity contribution in [3.8, 4) is 0 Å². The average molecular weight is 260 g/mol. The Morgan fingerprint density at radius 1 is 1.17 bits per heavy atom. The first-order valence-corrected chi connectivity index (χ1v) is 6.24. The largest absolute Gasteiger partial charge is 0.481 e. The van der Waals surface area contributed by atoms with E-state index in [2.05, 4.69) is 0 Å². The predicted molar refractivity (Wildman–Crippen MR) is 68.4 cm³/mol. The highest BCUT2D eigenvalue weighted by Crippen LogP contribution is 2.05. The van der Waals surface area contributed by atoms with Crippen molar-refractivity contribution in [3.05, 3.63) is 0 Å². The number of rotatable bonds is 8. The van der Waals surface area contributed by atoms with Gasteiger partial charge in [-0.2, -0.15) is 0 Å². The van der Waals surface area contributed by atoms with Gasteiger partial charge in [-0.3, -0.25) is 4.79 Å². The minimum absolute atomic E-state index is 0.0548. The summed E-state index contributed by atoms with van der Waals surface area (Å²) >= 11 is 0. The van der Waals surface area contributed by atoms with Gasteiger partial charge in [-0.25, -0.2) is 4.79 Å². The Kier molecular flexibility index (Phi) is 8.11. The van der Waals surface area contributed by atoms with E-state index in [0.29, 0.717) is 25.9 Å². The molecule has 0 bridgehead atoms. The van der Waals surface area contributed by atoms with E-state index in [9.17, 15) is 9.59 Å². The van der Waals surface area contributed by atoms with Crippen LogP contribution in [0.5, 0.6) is 0 Å². The third-order valence-electron chi connectivity index (χ3n) is 2.64. The second-order valence-corrected chi connectivity index (χ2v) is 4.57. The fourth-order valence-electron chi connectivity index (χ4n) is 1.60. The molecule has 18 heavy (non-hydrogen) atoms. The normalized spacial score (nSPS) is 10.5. The lowest BCUT2D eigenvalue weighted by molar-refractivity contribution is -0.137. The number of carboxylic acids is 1. The Balaban J connectivity index is 4.24. The van der Waals surface area contributed by atoms with Gasteiger partial charge in [0.25, 0.3) is 0 Å². The quantitative estimate of drug-likeness (QED) is 0.682. The molecule has 0 unspecified atom stereocenters. The predicted octanol–water partition coefficient (Wildman–Crippen LogP) is 0.996. The molecule has 0 saturated carbocycles. The summed E-state index contributed by atoms with van der Waals surface area (Å²) in [6.45, 7) is 4.82. The van der Waals surface area contributed by atoms with Crippen LogP contribution in [0.15, 0.2) is 0 Å². The van der Waals surface area contributed by atoms with E-state index in [0.717, 1.165) is 0 Å². The monoisotopic (exact) mass is 260 g/mol. The summed E-state index contributed by atoms with van der Waals surface area (Å²) < 4.78 is 0. The van der Waals surface area contributed by atoms with Crippen LogP contribution in [-0.2, 0) is 4.79 Å². The molecule has 0 radical (unpaired) electrons. The van der Waals surface area contributed by atoms with Gasteiger partial charge in [-0.1, -0.05) is 0 Å². The second kappa shape index (κ2) is 8.74. The minimum atomic E-state index is -0.850.